The molecule has 0 saturated carbocycles. The van der Waals surface area contributed by atoms with Crippen LogP contribution in [0.1, 0.15) is 54.0 Å². The molecule has 2 rings (SSSR count). The highest BCUT2D eigenvalue weighted by Gasteiger charge is 2.52. The van der Waals surface area contributed by atoms with E-state index in [2.05, 4.69) is 0 Å². The van der Waals surface area contributed by atoms with Gasteiger partial charge in [0.2, 0.25) is 6.36 Å². The highest BCUT2D eigenvalue weighted by Crippen LogP contribution is 2.32. The lowest BCUT2D eigenvalue weighted by Gasteiger charge is -2.43. The highest BCUT2D eigenvalue weighted by atomic mass is 19.1. The minimum atomic E-state index is -2.10. The Bertz CT molecular complexity index is 843. The Morgan fingerprint density at radius 3 is 2.00 bits per heavy atom. The first-order chi connectivity index (χ1) is 15.7. The van der Waals surface area contributed by atoms with E-state index in [0.29, 0.717) is 0 Å². The number of ether oxygens (including phenoxy) is 5. The van der Waals surface area contributed by atoms with Crippen LogP contribution in [0.2, 0.25) is 0 Å². The molecule has 0 spiro atoms. The topological polar surface area (TPSA) is 97.4 Å². The number of benzene rings is 1. The van der Waals surface area contributed by atoms with Crippen molar-refractivity contribution in [2.75, 3.05) is 6.61 Å². The largest absolute Gasteiger partial charge is 0.462 e. The number of carbonyl (C=O) groups excluding carboxylic acids is 3. The van der Waals surface area contributed by atoms with Crippen molar-refractivity contribution < 1.29 is 42.5 Å². The summed E-state index contributed by atoms with van der Waals surface area (Å²) in [5.41, 5.74) is -0.934. The Morgan fingerprint density at radius 2 is 1.47 bits per heavy atom. The summed E-state index contributed by atoms with van der Waals surface area (Å²) in [5, 5.41) is 0. The molecule has 34 heavy (non-hydrogen) atoms. The van der Waals surface area contributed by atoms with Crippen molar-refractivity contribution in [1.82, 2.24) is 0 Å². The smallest absolute Gasteiger partial charge is 0.311 e. The quantitative estimate of drug-likeness (QED) is 0.428. The van der Waals surface area contributed by atoms with E-state index in [9.17, 15) is 14.4 Å². The van der Waals surface area contributed by atoms with Crippen molar-refractivity contribution in [2.45, 2.75) is 85.8 Å². The lowest BCUT2D eigenvalue weighted by Crippen LogP contribution is -2.61. The molecular formula is C25H35FO8. The SMILES string of the molecule is CC(=O)O[C@H]1[C@H](OCc2ccccc2)[C@@H](OC(=O)C(C)(C)C)C(F)O[C@@H]1COC(=O)C(C)(C)C. The second-order valence-corrected chi connectivity index (χ2v) is 10.3. The summed E-state index contributed by atoms with van der Waals surface area (Å²) in [6.45, 7) is 10.8. The van der Waals surface area contributed by atoms with Crippen LogP contribution in [0.3, 0.4) is 0 Å². The molecule has 0 N–H and O–H groups in total. The van der Waals surface area contributed by atoms with Crippen LogP contribution < -0.4 is 0 Å². The summed E-state index contributed by atoms with van der Waals surface area (Å²) in [6.07, 6.45) is -7.18. The number of hydrogen-bond acceptors (Lipinski definition) is 8. The Morgan fingerprint density at radius 1 is 0.882 bits per heavy atom. The van der Waals surface area contributed by atoms with E-state index < -0.39 is 59.5 Å². The van der Waals surface area contributed by atoms with Gasteiger partial charge in [0.1, 0.15) is 18.8 Å². The molecule has 0 aliphatic carbocycles. The fourth-order valence-electron chi connectivity index (χ4n) is 3.09. The molecule has 1 saturated heterocycles. The van der Waals surface area contributed by atoms with E-state index in [-0.39, 0.29) is 13.2 Å². The Hall–Kier alpha value is -2.52. The van der Waals surface area contributed by atoms with Crippen molar-refractivity contribution in [3.05, 3.63) is 35.9 Å². The first-order valence-corrected chi connectivity index (χ1v) is 11.2. The van der Waals surface area contributed by atoms with Crippen molar-refractivity contribution in [2.24, 2.45) is 10.8 Å². The van der Waals surface area contributed by atoms with Crippen LogP contribution in [0.5, 0.6) is 0 Å². The molecule has 8 nitrogen and oxygen atoms in total. The number of carbonyl (C=O) groups is 3. The highest BCUT2D eigenvalue weighted by molar-refractivity contribution is 5.76. The Balaban J connectivity index is 2.33. The monoisotopic (exact) mass is 482 g/mol. The van der Waals surface area contributed by atoms with Gasteiger partial charge in [0.25, 0.3) is 0 Å². The molecule has 190 valence electrons. The predicted molar refractivity (Wildman–Crippen MR) is 120 cm³/mol. The molecule has 0 radical (unpaired) electrons. The Labute approximate surface area is 200 Å². The summed E-state index contributed by atoms with van der Waals surface area (Å²) in [4.78, 5) is 36.7. The molecule has 0 amide bonds. The minimum Gasteiger partial charge on any atom is -0.462 e. The maximum absolute atomic E-state index is 15.2. The molecule has 1 fully saturated rings. The average molecular weight is 483 g/mol. The van der Waals surface area contributed by atoms with E-state index in [1.165, 1.54) is 6.92 Å². The second kappa shape index (κ2) is 11.3. The van der Waals surface area contributed by atoms with Gasteiger partial charge in [0.15, 0.2) is 12.2 Å². The first kappa shape index (κ1) is 27.7. The lowest BCUT2D eigenvalue weighted by molar-refractivity contribution is -0.285. The molecule has 0 aromatic heterocycles. The average Bonchev–Trinajstić information content (AvgIpc) is 2.72. The predicted octanol–water partition coefficient (Wildman–Crippen LogP) is 3.75. The third-order valence-corrected chi connectivity index (χ3v) is 5.01. The maximum atomic E-state index is 15.2. The molecule has 1 aliphatic rings. The van der Waals surface area contributed by atoms with Crippen LogP contribution in [0.15, 0.2) is 30.3 Å². The molecule has 9 heteroatoms. The van der Waals surface area contributed by atoms with E-state index in [1.807, 2.05) is 30.3 Å². The van der Waals surface area contributed by atoms with Gasteiger partial charge in [-0.25, -0.2) is 4.39 Å². The van der Waals surface area contributed by atoms with Crippen LogP contribution in [0.4, 0.5) is 4.39 Å². The zero-order valence-corrected chi connectivity index (χ0v) is 20.8. The van der Waals surface area contributed by atoms with Crippen molar-refractivity contribution >= 4 is 17.9 Å². The van der Waals surface area contributed by atoms with Crippen LogP contribution in [-0.4, -0.2) is 55.3 Å². The maximum Gasteiger partial charge on any atom is 0.311 e. The number of esters is 3. The van der Waals surface area contributed by atoms with Crippen LogP contribution in [0, 0.1) is 10.8 Å². The molecule has 5 atom stereocenters. The molecule has 1 heterocycles. The molecule has 1 aromatic rings. The number of alkyl halides is 1. The summed E-state index contributed by atoms with van der Waals surface area (Å²) in [7, 11) is 0. The van der Waals surface area contributed by atoms with Gasteiger partial charge in [0.05, 0.1) is 17.4 Å². The summed E-state index contributed by atoms with van der Waals surface area (Å²) >= 11 is 0. The lowest BCUT2D eigenvalue weighted by atomic mass is 9.95. The molecule has 1 unspecified atom stereocenters. The van der Waals surface area contributed by atoms with Gasteiger partial charge >= 0.3 is 17.9 Å². The molecule has 1 aromatic carbocycles. The fourth-order valence-corrected chi connectivity index (χ4v) is 3.09. The van der Waals surface area contributed by atoms with Crippen molar-refractivity contribution in [1.29, 1.82) is 0 Å². The van der Waals surface area contributed by atoms with Crippen LogP contribution in [0.25, 0.3) is 0 Å². The van der Waals surface area contributed by atoms with Gasteiger partial charge in [-0.05, 0) is 47.1 Å². The van der Waals surface area contributed by atoms with E-state index in [4.69, 9.17) is 23.7 Å². The summed E-state index contributed by atoms with van der Waals surface area (Å²) in [5.74, 6) is -1.88. The van der Waals surface area contributed by atoms with E-state index in [1.54, 1.807) is 41.5 Å². The van der Waals surface area contributed by atoms with Crippen LogP contribution >= 0.6 is 0 Å². The van der Waals surface area contributed by atoms with E-state index in [0.717, 1.165) is 5.56 Å². The number of rotatable bonds is 7. The second-order valence-electron chi connectivity index (χ2n) is 10.3. The van der Waals surface area contributed by atoms with Gasteiger partial charge in [-0.1, -0.05) is 30.3 Å². The first-order valence-electron chi connectivity index (χ1n) is 11.2. The van der Waals surface area contributed by atoms with Crippen molar-refractivity contribution in [3.63, 3.8) is 0 Å². The summed E-state index contributed by atoms with van der Waals surface area (Å²) in [6, 6.07) is 9.09. The molecular weight excluding hydrogens is 447 g/mol. The fraction of sp³-hybridized carbons (Fsp3) is 0.640. The number of hydrogen-bond donors (Lipinski definition) is 0. The normalized spacial score (nSPS) is 25.4. The van der Waals surface area contributed by atoms with Gasteiger partial charge in [-0.3, -0.25) is 14.4 Å². The summed E-state index contributed by atoms with van der Waals surface area (Å²) < 4.78 is 42.8. The van der Waals surface area contributed by atoms with Gasteiger partial charge in [-0.15, -0.1) is 0 Å². The molecule has 0 bridgehead atoms. The Kier molecular flexibility index (Phi) is 9.19. The van der Waals surface area contributed by atoms with Crippen LogP contribution in [-0.2, 0) is 44.7 Å². The third-order valence-electron chi connectivity index (χ3n) is 5.01. The zero-order valence-electron chi connectivity index (χ0n) is 20.8. The number of halogens is 1. The molecule has 1 aliphatic heterocycles. The van der Waals surface area contributed by atoms with Gasteiger partial charge in [-0.2, -0.15) is 0 Å². The van der Waals surface area contributed by atoms with E-state index >= 15 is 4.39 Å². The van der Waals surface area contributed by atoms with Gasteiger partial charge < -0.3 is 23.7 Å². The minimum absolute atomic E-state index is 0.0358. The van der Waals surface area contributed by atoms with Crippen molar-refractivity contribution in [3.8, 4) is 0 Å². The zero-order chi connectivity index (χ0) is 25.7. The third kappa shape index (κ3) is 7.77. The standard InChI is InChI=1S/C25H35FO8/c1-15(27)32-18-17(14-31-22(28)24(2,3)4)33-21(26)20(34-23(29)25(5,6)7)19(18)30-13-16-11-9-8-10-12-16/h8-12,17-21H,13-14H2,1-7H3/t17-,18-,19+,20-,21?/m1/s1. The van der Waals surface area contributed by atoms with Gasteiger partial charge in [0, 0.05) is 6.92 Å².